The Morgan fingerprint density at radius 1 is 1.17 bits per heavy atom. The zero-order chi connectivity index (χ0) is 11.1. The van der Waals surface area contributed by atoms with E-state index in [0.717, 1.165) is 24.6 Å². The van der Waals surface area contributed by atoms with Crippen LogP contribution in [0.15, 0.2) is 12.4 Å². The van der Waals surface area contributed by atoms with Crippen LogP contribution in [-0.4, -0.2) is 29.1 Å². The topological polar surface area (TPSA) is 55.0 Å². The van der Waals surface area contributed by atoms with Crippen molar-refractivity contribution in [3.63, 3.8) is 0 Å². The van der Waals surface area contributed by atoms with Crippen LogP contribution in [-0.2, 0) is 0 Å². The van der Waals surface area contributed by atoms with Crippen LogP contribution in [0.4, 0.5) is 5.82 Å². The molecule has 2 aliphatic rings. The second kappa shape index (κ2) is 6.04. The molecule has 1 aliphatic heterocycles. The average molecular weight is 291 g/mol. The van der Waals surface area contributed by atoms with Crippen LogP contribution >= 0.6 is 24.8 Å². The molecule has 0 aromatic carbocycles. The molecule has 1 aromatic heterocycles. The summed E-state index contributed by atoms with van der Waals surface area (Å²) in [7, 11) is 0. The zero-order valence-electron chi connectivity index (χ0n) is 10.5. The van der Waals surface area contributed by atoms with Gasteiger partial charge >= 0.3 is 0 Å². The molecule has 4 nitrogen and oxygen atoms in total. The van der Waals surface area contributed by atoms with Crippen LogP contribution < -0.4 is 10.6 Å². The van der Waals surface area contributed by atoms with Gasteiger partial charge in [0, 0.05) is 30.9 Å². The summed E-state index contributed by atoms with van der Waals surface area (Å²) in [5, 5.41) is 0. The second-order valence-corrected chi connectivity index (χ2v) is 5.10. The third kappa shape index (κ3) is 2.71. The van der Waals surface area contributed by atoms with E-state index in [-0.39, 0.29) is 24.8 Å². The van der Waals surface area contributed by atoms with Crippen molar-refractivity contribution in [3.05, 3.63) is 18.1 Å². The quantitative estimate of drug-likeness (QED) is 0.857. The molecule has 1 saturated carbocycles. The molecule has 0 radical (unpaired) electrons. The summed E-state index contributed by atoms with van der Waals surface area (Å²) in [4.78, 5) is 10.9. The molecule has 18 heavy (non-hydrogen) atoms. The number of aromatic nitrogens is 2. The Balaban J connectivity index is 0.000000810. The first kappa shape index (κ1) is 15.5. The maximum Gasteiger partial charge on any atom is 0.132 e. The van der Waals surface area contributed by atoms with E-state index < -0.39 is 0 Å². The summed E-state index contributed by atoms with van der Waals surface area (Å²) in [6.45, 7) is 4.14. The Morgan fingerprint density at radius 3 is 2.33 bits per heavy atom. The van der Waals surface area contributed by atoms with Gasteiger partial charge in [0.25, 0.3) is 0 Å². The molecule has 2 fully saturated rings. The monoisotopic (exact) mass is 290 g/mol. The molecule has 1 saturated heterocycles. The highest BCUT2D eigenvalue weighted by molar-refractivity contribution is 5.85. The highest BCUT2D eigenvalue weighted by Gasteiger charge is 2.40. The predicted octanol–water partition coefficient (Wildman–Crippen LogP) is 1.80. The number of hydrogen-bond donors (Lipinski definition) is 1. The minimum Gasteiger partial charge on any atom is -0.356 e. The van der Waals surface area contributed by atoms with E-state index in [1.54, 1.807) is 6.33 Å². The Bertz CT molecular complexity index is 387. The fourth-order valence-corrected chi connectivity index (χ4v) is 3.07. The normalized spacial score (nSPS) is 29.4. The van der Waals surface area contributed by atoms with Gasteiger partial charge in [-0.25, -0.2) is 9.97 Å². The van der Waals surface area contributed by atoms with E-state index in [0.29, 0.717) is 17.9 Å². The Labute approximate surface area is 120 Å². The zero-order valence-corrected chi connectivity index (χ0v) is 12.1. The third-order valence-corrected chi connectivity index (χ3v) is 4.02. The fraction of sp³-hybridized carbons (Fsp3) is 0.667. The van der Waals surface area contributed by atoms with Crippen LogP contribution in [0.5, 0.6) is 0 Å². The number of nitrogens with two attached hydrogens (primary N) is 1. The Morgan fingerprint density at radius 2 is 1.78 bits per heavy atom. The van der Waals surface area contributed by atoms with Gasteiger partial charge in [0.2, 0.25) is 0 Å². The largest absolute Gasteiger partial charge is 0.356 e. The first-order valence-electron chi connectivity index (χ1n) is 6.03. The number of hydrogen-bond acceptors (Lipinski definition) is 4. The summed E-state index contributed by atoms with van der Waals surface area (Å²) in [5.74, 6) is 2.39. The second-order valence-electron chi connectivity index (χ2n) is 5.10. The molecular weight excluding hydrogens is 271 g/mol. The van der Waals surface area contributed by atoms with E-state index >= 15 is 0 Å². The smallest absolute Gasteiger partial charge is 0.132 e. The molecule has 0 spiro atoms. The predicted molar refractivity (Wildman–Crippen MR) is 77.7 cm³/mol. The molecule has 0 amide bonds. The van der Waals surface area contributed by atoms with Crippen molar-refractivity contribution in [1.82, 2.24) is 9.97 Å². The number of halogens is 2. The van der Waals surface area contributed by atoms with Crippen molar-refractivity contribution in [3.8, 4) is 0 Å². The molecule has 3 rings (SSSR count). The summed E-state index contributed by atoms with van der Waals surface area (Å²) in [5.41, 5.74) is 7.23. The average Bonchev–Trinajstić information content (AvgIpc) is 2.53. The number of nitrogens with zero attached hydrogens (tertiary/aromatic N) is 3. The van der Waals surface area contributed by atoms with Gasteiger partial charge in [0.05, 0.1) is 0 Å². The van der Waals surface area contributed by atoms with Crippen LogP contribution in [0.25, 0.3) is 0 Å². The van der Waals surface area contributed by atoms with Crippen molar-refractivity contribution in [2.24, 2.45) is 17.6 Å². The molecule has 6 heteroatoms. The van der Waals surface area contributed by atoms with E-state index in [1.807, 2.05) is 6.92 Å². The lowest BCUT2D eigenvalue weighted by Gasteiger charge is -2.36. The number of piperidine rings is 1. The maximum absolute atomic E-state index is 6.20. The first-order valence-corrected chi connectivity index (χ1v) is 6.03. The van der Waals surface area contributed by atoms with E-state index in [9.17, 15) is 0 Å². The highest BCUT2D eigenvalue weighted by Crippen LogP contribution is 2.36. The van der Waals surface area contributed by atoms with Crippen LogP contribution in [0.2, 0.25) is 0 Å². The molecule has 1 aromatic rings. The summed E-state index contributed by atoms with van der Waals surface area (Å²) < 4.78 is 0. The molecular formula is C12H20Cl2N4. The molecule has 2 N–H and O–H groups in total. The van der Waals surface area contributed by atoms with E-state index in [4.69, 9.17) is 5.73 Å². The minimum absolute atomic E-state index is 0. The number of rotatable bonds is 1. The summed E-state index contributed by atoms with van der Waals surface area (Å²) in [6, 6.07) is 2.48. The highest BCUT2D eigenvalue weighted by atomic mass is 35.5. The van der Waals surface area contributed by atoms with Crippen LogP contribution in [0.1, 0.15) is 18.5 Å². The molecule has 1 aliphatic carbocycles. The van der Waals surface area contributed by atoms with Gasteiger partial charge in [-0.05, 0) is 31.6 Å². The Kier molecular flexibility index (Phi) is 5.20. The van der Waals surface area contributed by atoms with Crippen molar-refractivity contribution in [1.29, 1.82) is 0 Å². The van der Waals surface area contributed by atoms with Crippen molar-refractivity contribution < 1.29 is 0 Å². The Hall–Kier alpha value is -0.580. The number of aryl methyl sites for hydroxylation is 1. The van der Waals surface area contributed by atoms with E-state index in [1.165, 1.54) is 12.8 Å². The van der Waals surface area contributed by atoms with Crippen molar-refractivity contribution >= 4 is 30.6 Å². The standard InChI is InChI=1S/C12H18N4.2ClH/c1-8-4-11(15-7-14-8)16-5-9-2-3-10(6-16)12(9)13;;/h4,7,9-10,12H,2-3,5-6,13H2,1H3;2*1H/t9-,10+,12?;;. The van der Waals surface area contributed by atoms with Gasteiger partial charge in [0.1, 0.15) is 12.1 Å². The molecule has 1 unspecified atom stereocenters. The van der Waals surface area contributed by atoms with Gasteiger partial charge in [-0.2, -0.15) is 0 Å². The summed E-state index contributed by atoms with van der Waals surface area (Å²) in [6.07, 6.45) is 4.22. The van der Waals surface area contributed by atoms with Gasteiger partial charge in [0.15, 0.2) is 0 Å². The maximum atomic E-state index is 6.20. The lowest BCUT2D eigenvalue weighted by molar-refractivity contribution is 0.355. The molecule has 102 valence electrons. The van der Waals surface area contributed by atoms with Crippen molar-refractivity contribution in [2.45, 2.75) is 25.8 Å². The van der Waals surface area contributed by atoms with Crippen molar-refractivity contribution in [2.75, 3.05) is 18.0 Å². The van der Waals surface area contributed by atoms with Gasteiger partial charge in [-0.3, -0.25) is 0 Å². The fourth-order valence-electron chi connectivity index (χ4n) is 3.07. The number of anilines is 1. The summed E-state index contributed by atoms with van der Waals surface area (Å²) >= 11 is 0. The molecule has 2 bridgehead atoms. The van der Waals surface area contributed by atoms with Crippen LogP contribution in [0, 0.1) is 18.8 Å². The van der Waals surface area contributed by atoms with E-state index in [2.05, 4.69) is 20.9 Å². The van der Waals surface area contributed by atoms with Gasteiger partial charge in [-0.1, -0.05) is 0 Å². The van der Waals surface area contributed by atoms with Gasteiger partial charge in [-0.15, -0.1) is 24.8 Å². The third-order valence-electron chi connectivity index (χ3n) is 4.02. The van der Waals surface area contributed by atoms with Gasteiger partial charge < -0.3 is 10.6 Å². The van der Waals surface area contributed by atoms with Crippen LogP contribution in [0.3, 0.4) is 0 Å². The SMILES string of the molecule is Cc1cc(N2C[C@H]3CC[C@@H](C2)C3N)ncn1.Cl.Cl. The first-order chi connectivity index (χ1) is 7.74. The lowest BCUT2D eigenvalue weighted by atomic mass is 9.93. The number of fused-ring (bicyclic) bond motifs is 2. The lowest BCUT2D eigenvalue weighted by Crippen LogP contribution is -2.49. The minimum atomic E-state index is 0. The molecule has 3 atom stereocenters. The molecule has 2 heterocycles.